The van der Waals surface area contributed by atoms with Crippen molar-refractivity contribution in [1.29, 1.82) is 0 Å². The average molecular weight is 199 g/mol. The normalized spacial score (nSPS) is 26.4. The number of tetrazole rings is 1. The number of aliphatic hydroxyl groups excluding tert-OH is 1. The monoisotopic (exact) mass is 199 g/mol. The lowest BCUT2D eigenvalue weighted by atomic mass is 10.2. The maximum absolute atomic E-state index is 11.3. The third-order valence-electron chi connectivity index (χ3n) is 1.92. The third kappa shape index (κ3) is 1.70. The van der Waals surface area contributed by atoms with Crippen molar-refractivity contribution in [1.82, 2.24) is 25.9 Å². The molecule has 0 aliphatic carbocycles. The predicted molar refractivity (Wildman–Crippen MR) is 42.3 cm³/mol. The van der Waals surface area contributed by atoms with E-state index in [1.807, 2.05) is 0 Å². The van der Waals surface area contributed by atoms with Gasteiger partial charge in [0.15, 0.2) is 0 Å². The Kier molecular flexibility index (Phi) is 2.37. The van der Waals surface area contributed by atoms with E-state index in [0.29, 0.717) is 6.61 Å². The summed E-state index contributed by atoms with van der Waals surface area (Å²) in [5.74, 6) is -0.530. The molecule has 1 amide bonds. The average Bonchev–Trinajstić information content (AvgIpc) is 2.77. The molecular weight excluding hydrogens is 190 g/mol. The highest BCUT2D eigenvalue weighted by Gasteiger charge is 2.28. The highest BCUT2D eigenvalue weighted by molar-refractivity contribution is 5.90. The minimum atomic E-state index is -0.675. The molecule has 0 aromatic carbocycles. The number of nitrogens with zero attached hydrogens (tertiary/aromatic N) is 3. The highest BCUT2D eigenvalue weighted by atomic mass is 16.5. The van der Waals surface area contributed by atoms with Gasteiger partial charge in [-0.1, -0.05) is 0 Å². The fourth-order valence-corrected chi connectivity index (χ4v) is 1.17. The summed E-state index contributed by atoms with van der Waals surface area (Å²) >= 11 is 0. The molecule has 2 heterocycles. The van der Waals surface area contributed by atoms with Crippen LogP contribution in [-0.2, 0) is 4.74 Å². The van der Waals surface area contributed by atoms with Crippen LogP contribution in [0.3, 0.4) is 0 Å². The Hall–Kier alpha value is -1.54. The first-order valence-corrected chi connectivity index (χ1v) is 4.07. The fourth-order valence-electron chi connectivity index (χ4n) is 1.17. The van der Waals surface area contributed by atoms with Crippen LogP contribution in [0.4, 0.5) is 0 Å². The number of carbonyl (C=O) groups excluding carboxylic acids is 1. The number of hydrogen-bond donors (Lipinski definition) is 3. The summed E-state index contributed by atoms with van der Waals surface area (Å²) in [4.78, 5) is 11.3. The van der Waals surface area contributed by atoms with Gasteiger partial charge in [0.05, 0.1) is 25.4 Å². The molecule has 1 aliphatic rings. The van der Waals surface area contributed by atoms with E-state index < -0.39 is 18.1 Å². The standard InChI is InChI=1S/C6H9N5O3/c12-4-2-14-1-3(4)7-6(13)5-8-10-11-9-5/h3-4,12H,1-2H2,(H,7,13)(H,8,9,10,11). The number of amides is 1. The molecule has 1 aromatic rings. The van der Waals surface area contributed by atoms with Gasteiger partial charge in [-0.05, 0) is 5.21 Å². The first-order chi connectivity index (χ1) is 6.77. The molecule has 3 N–H and O–H groups in total. The number of aliphatic hydroxyl groups is 1. The molecule has 8 heteroatoms. The molecule has 2 atom stereocenters. The van der Waals surface area contributed by atoms with Gasteiger partial charge in [0, 0.05) is 0 Å². The van der Waals surface area contributed by atoms with Crippen LogP contribution < -0.4 is 5.32 Å². The number of H-pyrrole nitrogens is 1. The molecule has 1 aromatic heterocycles. The van der Waals surface area contributed by atoms with Gasteiger partial charge in [0.2, 0.25) is 0 Å². The van der Waals surface area contributed by atoms with E-state index in [1.54, 1.807) is 0 Å². The Morgan fingerprint density at radius 3 is 3.07 bits per heavy atom. The maximum atomic E-state index is 11.3. The van der Waals surface area contributed by atoms with Crippen LogP contribution in [0.15, 0.2) is 0 Å². The molecule has 0 bridgehead atoms. The SMILES string of the molecule is O=C(NC1COCC1O)c1nn[nH]n1. The second kappa shape index (κ2) is 3.68. The Morgan fingerprint density at radius 2 is 2.50 bits per heavy atom. The minimum Gasteiger partial charge on any atom is -0.388 e. The van der Waals surface area contributed by atoms with Gasteiger partial charge in [-0.15, -0.1) is 10.2 Å². The first kappa shape index (κ1) is 9.03. The van der Waals surface area contributed by atoms with E-state index >= 15 is 0 Å². The Balaban J connectivity index is 1.95. The summed E-state index contributed by atoms with van der Waals surface area (Å²) in [5, 5.41) is 24.3. The molecule has 76 valence electrons. The number of rotatable bonds is 2. The van der Waals surface area contributed by atoms with Gasteiger partial charge in [-0.2, -0.15) is 5.21 Å². The van der Waals surface area contributed by atoms with Gasteiger partial charge in [0.1, 0.15) is 0 Å². The summed E-state index contributed by atoms with van der Waals surface area (Å²) < 4.78 is 4.96. The zero-order valence-electron chi connectivity index (χ0n) is 7.17. The second-order valence-electron chi connectivity index (χ2n) is 2.92. The highest BCUT2D eigenvalue weighted by Crippen LogP contribution is 2.05. The van der Waals surface area contributed by atoms with Crippen molar-refractivity contribution in [3.8, 4) is 0 Å². The number of nitrogens with one attached hydrogen (secondary N) is 2. The molecule has 1 fully saturated rings. The van der Waals surface area contributed by atoms with Gasteiger partial charge in [-0.3, -0.25) is 4.79 Å². The van der Waals surface area contributed by atoms with Crippen LogP contribution in [0.5, 0.6) is 0 Å². The number of carbonyl (C=O) groups is 1. The Morgan fingerprint density at radius 1 is 1.64 bits per heavy atom. The molecule has 0 spiro atoms. The van der Waals surface area contributed by atoms with Crippen LogP contribution >= 0.6 is 0 Å². The van der Waals surface area contributed by atoms with Crippen LogP contribution in [-0.4, -0.2) is 57.0 Å². The molecule has 0 radical (unpaired) electrons. The molecule has 2 unspecified atom stereocenters. The summed E-state index contributed by atoms with van der Waals surface area (Å²) in [6.45, 7) is 0.530. The lowest BCUT2D eigenvalue weighted by Gasteiger charge is -2.12. The van der Waals surface area contributed by atoms with Crippen molar-refractivity contribution in [3.05, 3.63) is 5.82 Å². The third-order valence-corrected chi connectivity index (χ3v) is 1.92. The summed E-state index contributed by atoms with van der Waals surface area (Å²) in [6, 6.07) is -0.402. The summed E-state index contributed by atoms with van der Waals surface area (Å²) in [5.41, 5.74) is 0. The molecule has 8 nitrogen and oxygen atoms in total. The number of aromatic amines is 1. The lowest BCUT2D eigenvalue weighted by Crippen LogP contribution is -2.42. The first-order valence-electron chi connectivity index (χ1n) is 4.07. The van der Waals surface area contributed by atoms with Gasteiger partial charge in [-0.25, -0.2) is 0 Å². The quantitative estimate of drug-likeness (QED) is 0.493. The van der Waals surface area contributed by atoms with Crippen molar-refractivity contribution in [2.45, 2.75) is 12.1 Å². The van der Waals surface area contributed by atoms with E-state index in [2.05, 4.69) is 25.9 Å². The van der Waals surface area contributed by atoms with Crippen LogP contribution in [0.25, 0.3) is 0 Å². The molecule has 2 rings (SSSR count). The number of hydrogen-bond acceptors (Lipinski definition) is 6. The number of ether oxygens (including phenoxy) is 1. The van der Waals surface area contributed by atoms with Crippen LogP contribution in [0.2, 0.25) is 0 Å². The van der Waals surface area contributed by atoms with E-state index in [0.717, 1.165) is 0 Å². The van der Waals surface area contributed by atoms with Crippen LogP contribution in [0.1, 0.15) is 10.6 Å². The second-order valence-corrected chi connectivity index (χ2v) is 2.92. The maximum Gasteiger partial charge on any atom is 0.293 e. The topological polar surface area (TPSA) is 113 Å². The zero-order chi connectivity index (χ0) is 9.97. The largest absolute Gasteiger partial charge is 0.388 e. The Labute approximate surface area is 78.6 Å². The molecule has 0 saturated carbocycles. The van der Waals surface area contributed by atoms with Gasteiger partial charge < -0.3 is 15.2 Å². The van der Waals surface area contributed by atoms with Crippen molar-refractivity contribution in [2.24, 2.45) is 0 Å². The zero-order valence-corrected chi connectivity index (χ0v) is 7.17. The van der Waals surface area contributed by atoms with Crippen molar-refractivity contribution >= 4 is 5.91 Å². The fraction of sp³-hybridized carbons (Fsp3) is 0.667. The van der Waals surface area contributed by atoms with Crippen molar-refractivity contribution in [2.75, 3.05) is 13.2 Å². The van der Waals surface area contributed by atoms with Crippen molar-refractivity contribution < 1.29 is 14.6 Å². The van der Waals surface area contributed by atoms with Crippen LogP contribution in [0, 0.1) is 0 Å². The van der Waals surface area contributed by atoms with Gasteiger partial charge >= 0.3 is 0 Å². The molecule has 14 heavy (non-hydrogen) atoms. The van der Waals surface area contributed by atoms with E-state index in [4.69, 9.17) is 4.74 Å². The molecular formula is C6H9N5O3. The smallest absolute Gasteiger partial charge is 0.293 e. The van der Waals surface area contributed by atoms with E-state index in [9.17, 15) is 9.90 Å². The molecule has 1 saturated heterocycles. The summed E-state index contributed by atoms with van der Waals surface area (Å²) in [6.07, 6.45) is -0.675. The predicted octanol–water partition coefficient (Wildman–Crippen LogP) is -2.31. The number of aromatic nitrogens is 4. The van der Waals surface area contributed by atoms with Gasteiger partial charge in [0.25, 0.3) is 11.7 Å². The summed E-state index contributed by atoms with van der Waals surface area (Å²) in [7, 11) is 0. The van der Waals surface area contributed by atoms with E-state index in [1.165, 1.54) is 0 Å². The van der Waals surface area contributed by atoms with Crippen molar-refractivity contribution in [3.63, 3.8) is 0 Å². The molecule has 1 aliphatic heterocycles. The Bertz CT molecular complexity index is 313. The van der Waals surface area contributed by atoms with E-state index in [-0.39, 0.29) is 12.4 Å². The lowest BCUT2D eigenvalue weighted by molar-refractivity contribution is 0.0876. The minimum absolute atomic E-state index is 0.0518.